The fourth-order valence-electron chi connectivity index (χ4n) is 2.20. The van der Waals surface area contributed by atoms with Gasteiger partial charge in [-0.3, -0.25) is 4.79 Å². The summed E-state index contributed by atoms with van der Waals surface area (Å²) in [7, 11) is 3.44. The quantitative estimate of drug-likeness (QED) is 0.673. The molecule has 0 aliphatic heterocycles. The molecule has 5 nitrogen and oxygen atoms in total. The van der Waals surface area contributed by atoms with Crippen molar-refractivity contribution in [2.75, 3.05) is 38.3 Å². The molecule has 4 N–H and O–H groups in total. The molecule has 0 bridgehead atoms. The summed E-state index contributed by atoms with van der Waals surface area (Å²) in [6.07, 6.45) is 1.73. The predicted octanol–water partition coefficient (Wildman–Crippen LogP) is 2.18. The molecule has 0 aliphatic carbocycles. The summed E-state index contributed by atoms with van der Waals surface area (Å²) in [6, 6.07) is 5.23. The number of aliphatic hydroxyl groups excluding tert-OH is 1. The Balaban J connectivity index is 3.02. The van der Waals surface area contributed by atoms with Crippen molar-refractivity contribution in [1.82, 2.24) is 4.90 Å². The van der Waals surface area contributed by atoms with Gasteiger partial charge >= 0.3 is 0 Å². The maximum atomic E-state index is 12.2. The summed E-state index contributed by atoms with van der Waals surface area (Å²) >= 11 is 0. The minimum absolute atomic E-state index is 0.0694. The number of nitrogens with one attached hydrogen (secondary N) is 1. The van der Waals surface area contributed by atoms with Crippen LogP contribution in [0, 0.1) is 5.41 Å². The van der Waals surface area contributed by atoms with E-state index in [1.54, 1.807) is 32.3 Å². The van der Waals surface area contributed by atoms with Crippen molar-refractivity contribution in [3.05, 3.63) is 23.8 Å². The number of anilines is 2. The van der Waals surface area contributed by atoms with Crippen molar-refractivity contribution in [3.8, 4) is 0 Å². The standard InChI is InChI=1S/C16H27N3O2/c1-5-16(6-2,11-20)10-18-14-9-12(17)7-8-13(14)15(21)19(3)4/h7-9,18,20H,5-6,10-11,17H2,1-4H3. The van der Waals surface area contributed by atoms with Gasteiger partial charge in [0.15, 0.2) is 0 Å². The maximum Gasteiger partial charge on any atom is 0.255 e. The van der Waals surface area contributed by atoms with Gasteiger partial charge in [-0.15, -0.1) is 0 Å². The van der Waals surface area contributed by atoms with Crippen LogP contribution in [-0.4, -0.2) is 43.2 Å². The fourth-order valence-corrected chi connectivity index (χ4v) is 2.20. The summed E-state index contributed by atoms with van der Waals surface area (Å²) in [5.41, 5.74) is 7.56. The summed E-state index contributed by atoms with van der Waals surface area (Å²) in [4.78, 5) is 13.7. The number of hydrogen-bond donors (Lipinski definition) is 3. The van der Waals surface area contributed by atoms with E-state index in [1.807, 2.05) is 0 Å². The lowest BCUT2D eigenvalue weighted by Crippen LogP contribution is -2.33. The van der Waals surface area contributed by atoms with E-state index in [0.717, 1.165) is 12.8 Å². The van der Waals surface area contributed by atoms with Gasteiger partial charge in [-0.2, -0.15) is 0 Å². The first-order valence-electron chi connectivity index (χ1n) is 7.35. The van der Waals surface area contributed by atoms with Gasteiger partial charge < -0.3 is 21.1 Å². The lowest BCUT2D eigenvalue weighted by Gasteiger charge is -2.30. The van der Waals surface area contributed by atoms with E-state index in [1.165, 1.54) is 4.90 Å². The fraction of sp³-hybridized carbons (Fsp3) is 0.562. The van der Waals surface area contributed by atoms with Crippen molar-refractivity contribution in [1.29, 1.82) is 0 Å². The predicted molar refractivity (Wildman–Crippen MR) is 87.5 cm³/mol. The Hall–Kier alpha value is -1.75. The SMILES string of the molecule is CCC(CC)(CO)CNc1cc(N)ccc1C(=O)N(C)C. The highest BCUT2D eigenvalue weighted by atomic mass is 16.3. The molecule has 0 saturated heterocycles. The van der Waals surface area contributed by atoms with Crippen LogP contribution >= 0.6 is 0 Å². The molecule has 21 heavy (non-hydrogen) atoms. The number of carbonyl (C=O) groups is 1. The van der Waals surface area contributed by atoms with Gasteiger partial charge in [0.25, 0.3) is 5.91 Å². The highest BCUT2D eigenvalue weighted by molar-refractivity contribution is 6.00. The smallest absolute Gasteiger partial charge is 0.255 e. The summed E-state index contributed by atoms with van der Waals surface area (Å²) in [6.45, 7) is 4.85. The molecular weight excluding hydrogens is 266 g/mol. The number of carbonyl (C=O) groups excluding carboxylic acids is 1. The largest absolute Gasteiger partial charge is 0.399 e. The molecule has 1 aromatic carbocycles. The molecule has 1 aromatic rings. The molecule has 0 atom stereocenters. The van der Waals surface area contributed by atoms with Gasteiger partial charge in [-0.1, -0.05) is 13.8 Å². The summed E-state index contributed by atoms with van der Waals surface area (Å²) < 4.78 is 0. The van der Waals surface area contributed by atoms with E-state index in [0.29, 0.717) is 23.5 Å². The third-order valence-electron chi connectivity index (χ3n) is 4.17. The van der Waals surface area contributed by atoms with Gasteiger partial charge in [0.05, 0.1) is 12.2 Å². The molecule has 0 saturated carbocycles. The number of benzene rings is 1. The second-order valence-electron chi connectivity index (χ2n) is 5.72. The monoisotopic (exact) mass is 293 g/mol. The molecule has 0 unspecified atom stereocenters. The Morgan fingerprint density at radius 2 is 1.95 bits per heavy atom. The molecule has 0 spiro atoms. The van der Waals surface area contributed by atoms with Crippen LogP contribution in [0.3, 0.4) is 0 Å². The number of amides is 1. The van der Waals surface area contributed by atoms with Crippen LogP contribution in [0.25, 0.3) is 0 Å². The van der Waals surface area contributed by atoms with E-state index in [4.69, 9.17) is 5.73 Å². The Labute approximate surface area is 127 Å². The Morgan fingerprint density at radius 3 is 2.43 bits per heavy atom. The zero-order valence-corrected chi connectivity index (χ0v) is 13.4. The number of nitrogens with zero attached hydrogens (tertiary/aromatic N) is 1. The molecule has 1 amide bonds. The Morgan fingerprint density at radius 1 is 1.33 bits per heavy atom. The van der Waals surface area contributed by atoms with E-state index >= 15 is 0 Å². The minimum Gasteiger partial charge on any atom is -0.399 e. The van der Waals surface area contributed by atoms with Crippen molar-refractivity contribution >= 4 is 17.3 Å². The molecular formula is C16H27N3O2. The Kier molecular flexibility index (Phi) is 6.03. The first-order valence-corrected chi connectivity index (χ1v) is 7.35. The normalized spacial score (nSPS) is 11.3. The summed E-state index contributed by atoms with van der Waals surface area (Å²) in [5, 5.41) is 12.9. The maximum absolute atomic E-state index is 12.2. The highest BCUT2D eigenvalue weighted by Crippen LogP contribution is 2.28. The van der Waals surface area contributed by atoms with Gasteiger partial charge in [-0.25, -0.2) is 0 Å². The van der Waals surface area contributed by atoms with Crippen LogP contribution in [-0.2, 0) is 0 Å². The number of rotatable bonds is 7. The number of nitrogens with two attached hydrogens (primary N) is 1. The third kappa shape index (κ3) is 4.11. The van der Waals surface area contributed by atoms with Crippen LogP contribution < -0.4 is 11.1 Å². The van der Waals surface area contributed by atoms with E-state index in [-0.39, 0.29) is 17.9 Å². The number of aliphatic hydroxyl groups is 1. The first-order chi connectivity index (χ1) is 9.89. The van der Waals surface area contributed by atoms with E-state index < -0.39 is 0 Å². The van der Waals surface area contributed by atoms with Crippen LogP contribution in [0.1, 0.15) is 37.0 Å². The van der Waals surface area contributed by atoms with E-state index in [2.05, 4.69) is 19.2 Å². The molecule has 1 rings (SSSR count). The van der Waals surface area contributed by atoms with Crippen molar-refractivity contribution in [2.45, 2.75) is 26.7 Å². The van der Waals surface area contributed by atoms with Gasteiger partial charge in [0, 0.05) is 37.4 Å². The van der Waals surface area contributed by atoms with Crippen LogP contribution in [0.5, 0.6) is 0 Å². The average Bonchev–Trinajstić information content (AvgIpc) is 2.48. The zero-order chi connectivity index (χ0) is 16.0. The van der Waals surface area contributed by atoms with Gasteiger partial charge in [0.1, 0.15) is 0 Å². The van der Waals surface area contributed by atoms with E-state index in [9.17, 15) is 9.90 Å². The van der Waals surface area contributed by atoms with Crippen LogP contribution in [0.4, 0.5) is 11.4 Å². The second kappa shape index (κ2) is 7.31. The molecule has 0 aliphatic rings. The van der Waals surface area contributed by atoms with Gasteiger partial charge in [-0.05, 0) is 31.0 Å². The van der Waals surface area contributed by atoms with Gasteiger partial charge in [0.2, 0.25) is 0 Å². The van der Waals surface area contributed by atoms with Crippen LogP contribution in [0.15, 0.2) is 18.2 Å². The van der Waals surface area contributed by atoms with Crippen molar-refractivity contribution in [3.63, 3.8) is 0 Å². The molecule has 0 heterocycles. The Bertz CT molecular complexity index is 474. The van der Waals surface area contributed by atoms with Crippen molar-refractivity contribution < 1.29 is 9.90 Å². The summed E-state index contributed by atoms with van der Waals surface area (Å²) in [5.74, 6) is -0.0694. The molecule has 118 valence electrons. The number of nitrogen functional groups attached to an aromatic ring is 1. The number of hydrogen-bond acceptors (Lipinski definition) is 4. The lowest BCUT2D eigenvalue weighted by atomic mass is 9.83. The molecule has 0 aromatic heterocycles. The second-order valence-corrected chi connectivity index (χ2v) is 5.72. The van der Waals surface area contributed by atoms with Crippen LogP contribution in [0.2, 0.25) is 0 Å². The zero-order valence-electron chi connectivity index (χ0n) is 13.4. The highest BCUT2D eigenvalue weighted by Gasteiger charge is 2.25. The average molecular weight is 293 g/mol. The molecule has 0 fully saturated rings. The third-order valence-corrected chi connectivity index (χ3v) is 4.17. The molecule has 5 heteroatoms. The first kappa shape index (κ1) is 17.3. The topological polar surface area (TPSA) is 78.6 Å². The molecule has 0 radical (unpaired) electrons. The van der Waals surface area contributed by atoms with Crippen molar-refractivity contribution in [2.24, 2.45) is 5.41 Å². The lowest BCUT2D eigenvalue weighted by molar-refractivity contribution is 0.0828. The minimum atomic E-state index is -0.178.